The number of hydrogen-bond acceptors (Lipinski definition) is 6. The molecule has 0 N–H and O–H groups in total. The van der Waals surface area contributed by atoms with Crippen molar-refractivity contribution in [2.24, 2.45) is 0 Å². The summed E-state index contributed by atoms with van der Waals surface area (Å²) in [6.07, 6.45) is 26.3. The van der Waals surface area contributed by atoms with E-state index in [-0.39, 0.29) is 37.1 Å². The maximum Gasteiger partial charge on any atom is 2.00 e. The summed E-state index contributed by atoms with van der Waals surface area (Å²) < 4.78 is 67.1. The first-order valence-electron chi connectivity index (χ1n) is 17.2. The van der Waals surface area contributed by atoms with Crippen LogP contribution in [0.2, 0.25) is 0 Å². The van der Waals surface area contributed by atoms with Gasteiger partial charge in [-0.1, -0.05) is 166 Å². The molecule has 0 spiro atoms. The summed E-state index contributed by atoms with van der Waals surface area (Å²) in [4.78, 5) is -0.100. The van der Waals surface area contributed by atoms with Crippen LogP contribution < -0.4 is 0 Å². The van der Waals surface area contributed by atoms with E-state index in [0.29, 0.717) is 24.0 Å². The Labute approximate surface area is 296 Å². The molecule has 0 radical (unpaired) electrons. The van der Waals surface area contributed by atoms with Crippen LogP contribution in [0.25, 0.3) is 0 Å². The molecule has 2 aromatic rings. The average Bonchev–Trinajstić information content (AvgIpc) is 2.99. The number of unbranched alkanes of at least 4 members (excludes halogenated alkanes) is 18. The smallest absolute Gasteiger partial charge is 0.744 e. The van der Waals surface area contributed by atoms with Crippen LogP contribution in [0, 0.1) is 0 Å². The molecular weight excluding hydrogens is 705 g/mol. The molecule has 0 aliphatic carbocycles. The van der Waals surface area contributed by atoms with E-state index in [1.807, 2.05) is 0 Å². The second-order valence-electron chi connectivity index (χ2n) is 12.0. The van der Waals surface area contributed by atoms with Crippen LogP contribution in [-0.2, 0) is 60.4 Å². The third kappa shape index (κ3) is 22.4. The summed E-state index contributed by atoms with van der Waals surface area (Å²) in [6.45, 7) is 4.46. The molecule has 0 bridgehead atoms. The average molecular weight is 763 g/mol. The first kappa shape index (κ1) is 44.2. The van der Waals surface area contributed by atoms with Crippen LogP contribution in [0.1, 0.15) is 153 Å². The molecule has 0 heterocycles. The Bertz CT molecular complexity index is 1120. The molecular formula is C36H58CdO6S2. The van der Waals surface area contributed by atoms with Crippen LogP contribution in [0.15, 0.2) is 58.3 Å². The molecule has 2 rings (SSSR count). The summed E-state index contributed by atoms with van der Waals surface area (Å²) in [5.74, 6) is 0. The third-order valence-electron chi connectivity index (χ3n) is 8.08. The van der Waals surface area contributed by atoms with Crippen molar-refractivity contribution in [3.05, 3.63) is 59.7 Å². The van der Waals surface area contributed by atoms with Gasteiger partial charge in [0.1, 0.15) is 20.2 Å². The minimum absolute atomic E-state index is 0. The predicted molar refractivity (Wildman–Crippen MR) is 180 cm³/mol. The molecule has 0 unspecified atom stereocenters. The van der Waals surface area contributed by atoms with Crippen molar-refractivity contribution in [1.82, 2.24) is 0 Å². The van der Waals surface area contributed by atoms with Gasteiger partial charge in [0, 0.05) is 0 Å². The van der Waals surface area contributed by atoms with Crippen LogP contribution >= 0.6 is 0 Å². The second kappa shape index (κ2) is 27.2. The van der Waals surface area contributed by atoms with Crippen molar-refractivity contribution in [1.29, 1.82) is 0 Å². The normalized spacial score (nSPS) is 11.5. The van der Waals surface area contributed by atoms with E-state index in [4.69, 9.17) is 0 Å². The SMILES string of the molecule is CCCCCCCCCCCCc1ccccc1S(=O)(=O)[O-].CCCCCCCCCCCCc1ccccc1S(=O)(=O)[O-].[Cd+2]. The number of aryl methyl sites for hydroxylation is 2. The molecule has 6 nitrogen and oxygen atoms in total. The van der Waals surface area contributed by atoms with Gasteiger partial charge < -0.3 is 9.11 Å². The van der Waals surface area contributed by atoms with Crippen LogP contribution in [0.3, 0.4) is 0 Å². The van der Waals surface area contributed by atoms with E-state index in [1.54, 1.807) is 36.4 Å². The molecule has 0 saturated heterocycles. The molecule has 0 aliphatic rings. The second-order valence-corrected chi connectivity index (χ2v) is 14.7. The van der Waals surface area contributed by atoms with Crippen molar-refractivity contribution in [2.75, 3.05) is 0 Å². The summed E-state index contributed by atoms with van der Waals surface area (Å²) in [7, 11) is -8.69. The van der Waals surface area contributed by atoms with Gasteiger partial charge in [-0.15, -0.1) is 0 Å². The molecule has 45 heavy (non-hydrogen) atoms. The zero-order valence-electron chi connectivity index (χ0n) is 28.1. The minimum Gasteiger partial charge on any atom is -0.744 e. The van der Waals surface area contributed by atoms with Crippen molar-refractivity contribution in [2.45, 2.75) is 165 Å². The van der Waals surface area contributed by atoms with Gasteiger partial charge in [-0.25, -0.2) is 16.8 Å². The Hall–Kier alpha value is -0.818. The standard InChI is InChI=1S/2C18H30O3S.Cd/c2*1-2-3-4-5-6-7-8-9-10-11-14-17-15-12-13-16-18(17)22(19,20)21;/h2*12-13,15-16H,2-11,14H2,1H3,(H,19,20,21);/q;;+2/p-2. The van der Waals surface area contributed by atoms with E-state index in [9.17, 15) is 25.9 Å². The number of rotatable bonds is 24. The van der Waals surface area contributed by atoms with E-state index >= 15 is 0 Å². The molecule has 0 saturated carbocycles. The molecule has 252 valence electrons. The Kier molecular flexibility index (Phi) is 26.7. The van der Waals surface area contributed by atoms with Gasteiger partial charge in [0.2, 0.25) is 0 Å². The summed E-state index contributed by atoms with van der Waals surface area (Å²) in [6, 6.07) is 13.1. The molecule has 0 amide bonds. The molecule has 9 heteroatoms. The van der Waals surface area contributed by atoms with Crippen LogP contribution in [-0.4, -0.2) is 25.9 Å². The largest absolute Gasteiger partial charge is 2.00 e. The molecule has 0 fully saturated rings. The van der Waals surface area contributed by atoms with Crippen molar-refractivity contribution in [3.63, 3.8) is 0 Å². The number of hydrogen-bond donors (Lipinski definition) is 0. The van der Waals surface area contributed by atoms with E-state index < -0.39 is 20.2 Å². The van der Waals surface area contributed by atoms with Crippen molar-refractivity contribution in [3.8, 4) is 0 Å². The Morgan fingerprint density at radius 3 is 0.933 bits per heavy atom. The van der Waals surface area contributed by atoms with Crippen molar-refractivity contribution < 1.29 is 53.2 Å². The molecule has 0 aromatic heterocycles. The van der Waals surface area contributed by atoms with Crippen molar-refractivity contribution >= 4 is 20.2 Å². The minimum atomic E-state index is -4.35. The quantitative estimate of drug-likeness (QED) is 0.0598. The van der Waals surface area contributed by atoms with E-state index in [2.05, 4.69) is 13.8 Å². The maximum absolute atomic E-state index is 11.2. The van der Waals surface area contributed by atoms with Gasteiger partial charge in [0.15, 0.2) is 0 Å². The summed E-state index contributed by atoms with van der Waals surface area (Å²) in [5, 5.41) is 0. The molecule has 0 atom stereocenters. The Morgan fingerprint density at radius 1 is 0.422 bits per heavy atom. The maximum atomic E-state index is 11.2. The monoisotopic (exact) mass is 764 g/mol. The summed E-state index contributed by atoms with van der Waals surface area (Å²) in [5.41, 5.74) is 1.33. The fourth-order valence-electron chi connectivity index (χ4n) is 5.51. The Balaban J connectivity index is 0.000000842. The van der Waals surface area contributed by atoms with Crippen LogP contribution in [0.5, 0.6) is 0 Å². The van der Waals surface area contributed by atoms with Gasteiger partial charge in [0.25, 0.3) is 0 Å². The fourth-order valence-corrected chi connectivity index (χ4v) is 6.99. The van der Waals surface area contributed by atoms with Gasteiger partial charge in [-0.05, 0) is 48.9 Å². The first-order valence-corrected chi connectivity index (χ1v) is 20.0. The zero-order valence-corrected chi connectivity index (χ0v) is 33.8. The van der Waals surface area contributed by atoms with E-state index in [0.717, 1.165) is 25.7 Å². The molecule has 2 aromatic carbocycles. The van der Waals surface area contributed by atoms with Gasteiger partial charge in [-0.3, -0.25) is 0 Å². The summed E-state index contributed by atoms with van der Waals surface area (Å²) >= 11 is 0. The van der Waals surface area contributed by atoms with Gasteiger partial charge in [-0.2, -0.15) is 0 Å². The van der Waals surface area contributed by atoms with Gasteiger partial charge in [0.05, 0.1) is 9.79 Å². The third-order valence-corrected chi connectivity index (χ3v) is 9.96. The Morgan fingerprint density at radius 2 is 0.667 bits per heavy atom. The van der Waals surface area contributed by atoms with Crippen LogP contribution in [0.4, 0.5) is 0 Å². The topological polar surface area (TPSA) is 114 Å². The van der Waals surface area contributed by atoms with Gasteiger partial charge >= 0.3 is 27.3 Å². The predicted octanol–water partition coefficient (Wildman–Crippen LogP) is 10.1. The number of benzene rings is 2. The fraction of sp³-hybridized carbons (Fsp3) is 0.667. The first-order chi connectivity index (χ1) is 21.1. The van der Waals surface area contributed by atoms with E-state index in [1.165, 1.54) is 115 Å². The molecule has 0 aliphatic heterocycles. The zero-order chi connectivity index (χ0) is 32.5.